The minimum atomic E-state index is -1.19. The molecule has 0 aliphatic heterocycles. The van der Waals surface area contributed by atoms with E-state index in [0.29, 0.717) is 12.0 Å². The molecule has 0 aromatic heterocycles. The first-order valence-corrected chi connectivity index (χ1v) is 8.06. The van der Waals surface area contributed by atoms with Crippen LogP contribution >= 0.6 is 0 Å². The highest BCUT2D eigenvalue weighted by Gasteiger charge is 2.11. The van der Waals surface area contributed by atoms with Crippen molar-refractivity contribution in [1.29, 1.82) is 0 Å². The first-order valence-electron chi connectivity index (χ1n) is 8.06. The van der Waals surface area contributed by atoms with E-state index in [0.717, 1.165) is 19.3 Å². The van der Waals surface area contributed by atoms with Crippen LogP contribution in [0.1, 0.15) is 57.4 Å². The first-order chi connectivity index (χ1) is 11.0. The zero-order valence-corrected chi connectivity index (χ0v) is 13.5. The van der Waals surface area contributed by atoms with Crippen molar-refractivity contribution < 1.29 is 19.8 Å². The molecular formula is C18H25NO4. The molecule has 0 radical (unpaired) electrons. The third-order valence-corrected chi connectivity index (χ3v) is 3.47. The molecule has 1 aromatic carbocycles. The van der Waals surface area contributed by atoms with Gasteiger partial charge in [0, 0.05) is 6.42 Å². The second-order valence-electron chi connectivity index (χ2n) is 5.52. The van der Waals surface area contributed by atoms with Crippen molar-refractivity contribution >= 4 is 18.0 Å². The van der Waals surface area contributed by atoms with Gasteiger partial charge in [0.05, 0.1) is 0 Å². The summed E-state index contributed by atoms with van der Waals surface area (Å²) in [5.41, 5.74) is 0.437. The Morgan fingerprint density at radius 3 is 2.26 bits per heavy atom. The second-order valence-corrected chi connectivity index (χ2v) is 5.52. The molecule has 5 nitrogen and oxygen atoms in total. The quantitative estimate of drug-likeness (QED) is 0.453. The highest BCUT2D eigenvalue weighted by molar-refractivity contribution is 5.96. The number of nitrogens with one attached hydrogen (secondary N) is 1. The molecule has 1 amide bonds. The van der Waals surface area contributed by atoms with Gasteiger partial charge in [-0.25, -0.2) is 4.79 Å². The number of carbonyl (C=O) groups excluding carboxylic acids is 1. The summed E-state index contributed by atoms with van der Waals surface area (Å²) >= 11 is 0. The van der Waals surface area contributed by atoms with E-state index < -0.39 is 5.97 Å². The predicted molar refractivity (Wildman–Crippen MR) is 89.9 cm³/mol. The first kappa shape index (κ1) is 18.7. The van der Waals surface area contributed by atoms with Gasteiger partial charge in [0.2, 0.25) is 5.91 Å². The topological polar surface area (TPSA) is 86.6 Å². The number of carbonyl (C=O) groups is 2. The molecule has 0 atom stereocenters. The number of hydrogen-bond donors (Lipinski definition) is 3. The fourth-order valence-corrected chi connectivity index (χ4v) is 2.17. The summed E-state index contributed by atoms with van der Waals surface area (Å²) in [4.78, 5) is 23.1. The largest absolute Gasteiger partial charge is 0.508 e. The number of rotatable bonds is 10. The van der Waals surface area contributed by atoms with E-state index >= 15 is 0 Å². The van der Waals surface area contributed by atoms with Crippen molar-refractivity contribution in [1.82, 2.24) is 5.32 Å². The SMILES string of the molecule is CCCCCCCCC(=O)N/C(=C\c1ccc(O)cc1)C(=O)O. The molecule has 1 rings (SSSR count). The summed E-state index contributed by atoms with van der Waals surface area (Å²) in [5.74, 6) is -1.37. The van der Waals surface area contributed by atoms with Crippen molar-refractivity contribution in [3.05, 3.63) is 35.5 Å². The molecule has 0 saturated heterocycles. The maximum atomic E-state index is 11.8. The number of carboxylic acids is 1. The molecular weight excluding hydrogens is 294 g/mol. The Morgan fingerprint density at radius 1 is 1.04 bits per heavy atom. The van der Waals surface area contributed by atoms with Crippen molar-refractivity contribution in [2.45, 2.75) is 51.9 Å². The molecule has 0 saturated carbocycles. The lowest BCUT2D eigenvalue weighted by Gasteiger charge is -2.06. The molecule has 0 fully saturated rings. The van der Waals surface area contributed by atoms with Crippen LogP contribution in [0.5, 0.6) is 5.75 Å². The summed E-state index contributed by atoms with van der Waals surface area (Å²) in [6, 6.07) is 6.09. The van der Waals surface area contributed by atoms with Gasteiger partial charge in [-0.05, 0) is 30.2 Å². The fraction of sp³-hybridized carbons (Fsp3) is 0.444. The van der Waals surface area contributed by atoms with E-state index in [1.54, 1.807) is 12.1 Å². The van der Waals surface area contributed by atoms with Crippen LogP contribution in [0.2, 0.25) is 0 Å². The number of benzene rings is 1. The summed E-state index contributed by atoms with van der Waals surface area (Å²) in [7, 11) is 0. The summed E-state index contributed by atoms with van der Waals surface area (Å²) in [5, 5.41) is 20.8. The minimum absolute atomic E-state index is 0.103. The Balaban J connectivity index is 2.47. The maximum Gasteiger partial charge on any atom is 0.352 e. The number of unbranched alkanes of at least 4 members (excludes halogenated alkanes) is 5. The number of phenols is 1. The zero-order valence-electron chi connectivity index (χ0n) is 13.5. The summed E-state index contributed by atoms with van der Waals surface area (Å²) in [6.07, 6.45) is 8.14. The molecule has 126 valence electrons. The van der Waals surface area contributed by atoms with Crippen LogP contribution in [-0.4, -0.2) is 22.1 Å². The van der Waals surface area contributed by atoms with Crippen molar-refractivity contribution in [2.75, 3.05) is 0 Å². The lowest BCUT2D eigenvalue weighted by molar-refractivity contribution is -0.134. The minimum Gasteiger partial charge on any atom is -0.508 e. The Hall–Kier alpha value is -2.30. The Kier molecular flexibility index (Phi) is 8.50. The highest BCUT2D eigenvalue weighted by Crippen LogP contribution is 2.12. The van der Waals surface area contributed by atoms with Gasteiger partial charge < -0.3 is 15.5 Å². The molecule has 1 aromatic rings. The standard InChI is InChI=1S/C18H25NO4/c1-2-3-4-5-6-7-8-17(21)19-16(18(22)23)13-14-9-11-15(20)12-10-14/h9-13,20H,2-8H2,1H3,(H,19,21)(H,22,23)/b16-13-. The highest BCUT2D eigenvalue weighted by atomic mass is 16.4. The number of carboxylic acid groups (broad SMARTS) is 1. The van der Waals surface area contributed by atoms with E-state index in [2.05, 4.69) is 12.2 Å². The molecule has 0 heterocycles. The van der Waals surface area contributed by atoms with Crippen LogP contribution < -0.4 is 5.32 Å². The number of aromatic hydroxyl groups is 1. The van der Waals surface area contributed by atoms with Crippen LogP contribution in [0, 0.1) is 0 Å². The molecule has 5 heteroatoms. The van der Waals surface area contributed by atoms with E-state index in [4.69, 9.17) is 0 Å². The third kappa shape index (κ3) is 8.04. The average molecular weight is 319 g/mol. The van der Waals surface area contributed by atoms with Crippen molar-refractivity contribution in [2.24, 2.45) is 0 Å². The number of hydrogen-bond acceptors (Lipinski definition) is 3. The van der Waals surface area contributed by atoms with Gasteiger partial charge in [-0.2, -0.15) is 0 Å². The molecule has 0 spiro atoms. The van der Waals surface area contributed by atoms with Crippen LogP contribution in [0.25, 0.3) is 6.08 Å². The van der Waals surface area contributed by atoms with Crippen molar-refractivity contribution in [3.63, 3.8) is 0 Å². The Morgan fingerprint density at radius 2 is 1.65 bits per heavy atom. The molecule has 0 aliphatic rings. The molecule has 3 N–H and O–H groups in total. The van der Waals surface area contributed by atoms with E-state index in [-0.39, 0.29) is 17.4 Å². The summed E-state index contributed by atoms with van der Waals surface area (Å²) in [6.45, 7) is 2.15. The predicted octanol–water partition coefficient (Wildman–Crippen LogP) is 3.68. The Bertz CT molecular complexity index is 534. The van der Waals surface area contributed by atoms with Gasteiger partial charge in [-0.3, -0.25) is 4.79 Å². The lowest BCUT2D eigenvalue weighted by Crippen LogP contribution is -2.26. The lowest BCUT2D eigenvalue weighted by atomic mass is 10.1. The Labute approximate surface area is 137 Å². The number of aliphatic carboxylic acids is 1. The van der Waals surface area contributed by atoms with Gasteiger partial charge in [0.1, 0.15) is 11.4 Å². The zero-order chi connectivity index (χ0) is 17.1. The van der Waals surface area contributed by atoms with Crippen LogP contribution in [0.15, 0.2) is 30.0 Å². The molecule has 0 aliphatic carbocycles. The maximum absolute atomic E-state index is 11.8. The molecule has 0 bridgehead atoms. The van der Waals surface area contributed by atoms with Crippen molar-refractivity contribution in [3.8, 4) is 5.75 Å². The normalized spacial score (nSPS) is 11.3. The smallest absolute Gasteiger partial charge is 0.352 e. The van der Waals surface area contributed by atoms with Crippen LogP contribution in [0.4, 0.5) is 0 Å². The van der Waals surface area contributed by atoms with E-state index in [1.807, 2.05) is 0 Å². The number of phenolic OH excluding ortho intramolecular Hbond substituents is 1. The van der Waals surface area contributed by atoms with Gasteiger partial charge in [0.25, 0.3) is 0 Å². The van der Waals surface area contributed by atoms with Crippen LogP contribution in [-0.2, 0) is 9.59 Å². The van der Waals surface area contributed by atoms with Gasteiger partial charge in [-0.15, -0.1) is 0 Å². The molecule has 0 unspecified atom stereocenters. The fourth-order valence-electron chi connectivity index (χ4n) is 2.17. The van der Waals surface area contributed by atoms with E-state index in [9.17, 15) is 19.8 Å². The van der Waals surface area contributed by atoms with Gasteiger partial charge in [-0.1, -0.05) is 51.2 Å². The van der Waals surface area contributed by atoms with Gasteiger partial charge >= 0.3 is 5.97 Å². The monoisotopic (exact) mass is 319 g/mol. The average Bonchev–Trinajstić information content (AvgIpc) is 2.52. The third-order valence-electron chi connectivity index (χ3n) is 3.47. The molecule has 23 heavy (non-hydrogen) atoms. The van der Waals surface area contributed by atoms with Gasteiger partial charge in [0.15, 0.2) is 0 Å². The van der Waals surface area contributed by atoms with E-state index in [1.165, 1.54) is 37.5 Å². The summed E-state index contributed by atoms with van der Waals surface area (Å²) < 4.78 is 0. The number of amides is 1. The van der Waals surface area contributed by atoms with Crippen LogP contribution in [0.3, 0.4) is 0 Å². The second kappa shape index (κ2) is 10.4.